The van der Waals surface area contributed by atoms with E-state index >= 15 is 0 Å². The third kappa shape index (κ3) is 3.30. The maximum absolute atomic E-state index is 2.39. The summed E-state index contributed by atoms with van der Waals surface area (Å²) in [6, 6.07) is 55.6. The highest BCUT2D eigenvalue weighted by Gasteiger charge is 2.14. The number of aromatic nitrogens is 1. The average Bonchev–Trinajstić information content (AvgIpc) is 3.38. The van der Waals surface area contributed by atoms with Crippen LogP contribution in [0, 0.1) is 0 Å². The van der Waals surface area contributed by atoms with Crippen molar-refractivity contribution in [1.82, 2.24) is 4.57 Å². The smallest absolute Gasteiger partial charge is 0.0541 e. The van der Waals surface area contributed by atoms with Gasteiger partial charge in [-0.25, -0.2) is 0 Å². The molecule has 0 aliphatic heterocycles. The third-order valence-corrected chi connectivity index (χ3v) is 8.74. The molecular weight excluding hydrogens is 494 g/mol. The predicted molar refractivity (Wildman–Crippen MR) is 176 cm³/mol. The molecule has 0 saturated carbocycles. The van der Waals surface area contributed by atoms with Gasteiger partial charge in [-0.3, -0.25) is 0 Å². The molecular formula is C40H25N. The van der Waals surface area contributed by atoms with Gasteiger partial charge in [0.1, 0.15) is 0 Å². The van der Waals surface area contributed by atoms with Crippen LogP contribution in [0.5, 0.6) is 0 Å². The van der Waals surface area contributed by atoms with Crippen molar-refractivity contribution in [2.45, 2.75) is 0 Å². The lowest BCUT2D eigenvalue weighted by molar-refractivity contribution is 1.18. The highest BCUT2D eigenvalue weighted by Crippen LogP contribution is 2.39. The van der Waals surface area contributed by atoms with Gasteiger partial charge >= 0.3 is 0 Å². The van der Waals surface area contributed by atoms with E-state index in [0.29, 0.717) is 0 Å². The number of benzene rings is 8. The summed E-state index contributed by atoms with van der Waals surface area (Å²) >= 11 is 0. The van der Waals surface area contributed by atoms with Gasteiger partial charge in [0.05, 0.1) is 11.0 Å². The van der Waals surface area contributed by atoms with Crippen LogP contribution >= 0.6 is 0 Å². The molecule has 1 nitrogen and oxygen atoms in total. The van der Waals surface area contributed by atoms with Crippen molar-refractivity contribution in [3.8, 4) is 16.8 Å². The van der Waals surface area contributed by atoms with Crippen molar-refractivity contribution in [2.24, 2.45) is 0 Å². The van der Waals surface area contributed by atoms with Crippen LogP contribution in [0.2, 0.25) is 0 Å². The van der Waals surface area contributed by atoms with Gasteiger partial charge in [-0.1, -0.05) is 115 Å². The summed E-state index contributed by atoms with van der Waals surface area (Å²) < 4.78 is 2.37. The number of para-hydroxylation sites is 2. The van der Waals surface area contributed by atoms with Crippen LogP contribution in [-0.2, 0) is 0 Å². The number of nitrogens with zero attached hydrogens (tertiary/aromatic N) is 1. The Bertz CT molecular complexity index is 2460. The fourth-order valence-corrected chi connectivity index (χ4v) is 6.83. The fraction of sp³-hybridized carbons (Fsp3) is 0. The van der Waals surface area contributed by atoms with Gasteiger partial charge in [-0.2, -0.15) is 0 Å². The quantitative estimate of drug-likeness (QED) is 0.200. The number of hydrogen-bond acceptors (Lipinski definition) is 0. The molecule has 0 saturated heterocycles. The lowest BCUT2D eigenvalue weighted by Gasteiger charge is -2.12. The van der Waals surface area contributed by atoms with Crippen molar-refractivity contribution in [1.29, 1.82) is 0 Å². The van der Waals surface area contributed by atoms with Crippen molar-refractivity contribution in [2.75, 3.05) is 0 Å². The SMILES string of the molecule is c1ccc(-n2c3ccccc3c3cc(-c4ccc5ccc6ccc7c8ccccc8ccc7c6c5c4)ccc32)cc1. The van der Waals surface area contributed by atoms with Crippen molar-refractivity contribution >= 4 is 64.9 Å². The lowest BCUT2D eigenvalue weighted by Crippen LogP contribution is -1.92. The zero-order valence-electron chi connectivity index (χ0n) is 22.4. The first-order valence-electron chi connectivity index (χ1n) is 14.2. The number of fused-ring (bicyclic) bond motifs is 10. The molecule has 9 aromatic rings. The van der Waals surface area contributed by atoms with E-state index < -0.39 is 0 Å². The van der Waals surface area contributed by atoms with Crippen LogP contribution in [0.3, 0.4) is 0 Å². The van der Waals surface area contributed by atoms with Crippen LogP contribution in [-0.4, -0.2) is 4.57 Å². The molecule has 190 valence electrons. The van der Waals surface area contributed by atoms with Crippen LogP contribution in [0.4, 0.5) is 0 Å². The molecule has 8 aromatic carbocycles. The first kappa shape index (κ1) is 22.4. The Kier molecular flexibility index (Phi) is 4.67. The zero-order chi connectivity index (χ0) is 26.9. The molecule has 0 radical (unpaired) electrons. The standard InChI is InChI=1S/C40H25N/c1-2-9-31(10-3-1)41-38-13-7-6-12-34(38)37-25-30(20-23-39(37)41)29-17-15-27-14-16-28-19-21-33-32-11-5-4-8-26(32)18-22-35(33)40(28)36(27)24-29/h1-25H. The Morgan fingerprint density at radius 1 is 0.317 bits per heavy atom. The highest BCUT2D eigenvalue weighted by molar-refractivity contribution is 6.25. The largest absolute Gasteiger partial charge is 0.309 e. The van der Waals surface area contributed by atoms with E-state index in [1.54, 1.807) is 0 Å². The molecule has 0 fully saturated rings. The Labute approximate surface area is 237 Å². The van der Waals surface area contributed by atoms with Gasteiger partial charge in [0.2, 0.25) is 0 Å². The summed E-state index contributed by atoms with van der Waals surface area (Å²) in [4.78, 5) is 0. The Morgan fingerprint density at radius 2 is 0.902 bits per heavy atom. The van der Waals surface area contributed by atoms with Gasteiger partial charge in [0.25, 0.3) is 0 Å². The first-order valence-corrected chi connectivity index (χ1v) is 14.2. The topological polar surface area (TPSA) is 4.93 Å². The molecule has 0 aliphatic rings. The molecule has 0 aliphatic carbocycles. The van der Waals surface area contributed by atoms with Crippen LogP contribution in [0.25, 0.3) is 81.7 Å². The zero-order valence-corrected chi connectivity index (χ0v) is 22.4. The maximum atomic E-state index is 2.39. The molecule has 0 unspecified atom stereocenters. The van der Waals surface area contributed by atoms with E-state index in [1.807, 2.05) is 0 Å². The van der Waals surface area contributed by atoms with Crippen LogP contribution in [0.15, 0.2) is 152 Å². The summed E-state index contributed by atoms with van der Waals surface area (Å²) in [5.74, 6) is 0. The van der Waals surface area contributed by atoms with E-state index in [4.69, 9.17) is 0 Å². The van der Waals surface area contributed by atoms with Gasteiger partial charge < -0.3 is 4.57 Å². The minimum atomic E-state index is 1.18. The van der Waals surface area contributed by atoms with Crippen LogP contribution < -0.4 is 0 Å². The molecule has 0 bridgehead atoms. The van der Waals surface area contributed by atoms with E-state index in [9.17, 15) is 0 Å². The minimum absolute atomic E-state index is 1.18. The molecule has 0 amide bonds. The second-order valence-electron chi connectivity index (χ2n) is 11.0. The van der Waals surface area contributed by atoms with Gasteiger partial charge in [0.15, 0.2) is 0 Å². The van der Waals surface area contributed by atoms with Crippen molar-refractivity contribution in [3.05, 3.63) is 152 Å². The van der Waals surface area contributed by atoms with E-state index in [2.05, 4.69) is 156 Å². The van der Waals surface area contributed by atoms with E-state index in [-0.39, 0.29) is 0 Å². The molecule has 0 atom stereocenters. The van der Waals surface area contributed by atoms with E-state index in [1.165, 1.54) is 81.7 Å². The van der Waals surface area contributed by atoms with Crippen LogP contribution in [0.1, 0.15) is 0 Å². The van der Waals surface area contributed by atoms with Gasteiger partial charge in [-0.15, -0.1) is 0 Å². The Morgan fingerprint density at radius 3 is 1.80 bits per heavy atom. The molecule has 0 N–H and O–H groups in total. The Balaban J connectivity index is 1.31. The molecule has 1 aromatic heterocycles. The lowest BCUT2D eigenvalue weighted by atomic mass is 9.92. The molecule has 1 heteroatoms. The maximum Gasteiger partial charge on any atom is 0.0541 e. The van der Waals surface area contributed by atoms with Gasteiger partial charge in [0, 0.05) is 16.5 Å². The van der Waals surface area contributed by atoms with Crippen molar-refractivity contribution in [3.63, 3.8) is 0 Å². The first-order chi connectivity index (χ1) is 20.3. The summed E-state index contributed by atoms with van der Waals surface area (Å²) in [6.07, 6.45) is 0. The third-order valence-electron chi connectivity index (χ3n) is 8.74. The van der Waals surface area contributed by atoms with E-state index in [0.717, 1.165) is 0 Å². The summed E-state index contributed by atoms with van der Waals surface area (Å²) in [6.45, 7) is 0. The Hall–Kier alpha value is -5.40. The molecule has 0 spiro atoms. The number of hydrogen-bond donors (Lipinski definition) is 0. The molecule has 9 rings (SSSR count). The fourth-order valence-electron chi connectivity index (χ4n) is 6.83. The summed E-state index contributed by atoms with van der Waals surface area (Å²) in [5.41, 5.74) is 6.11. The number of rotatable bonds is 2. The highest BCUT2D eigenvalue weighted by atomic mass is 15.0. The predicted octanol–water partition coefficient (Wildman–Crippen LogP) is 11.1. The second-order valence-corrected chi connectivity index (χ2v) is 11.0. The van der Waals surface area contributed by atoms with Crippen molar-refractivity contribution < 1.29 is 0 Å². The molecule has 1 heterocycles. The summed E-state index contributed by atoms with van der Waals surface area (Å²) in [5, 5.41) is 12.9. The monoisotopic (exact) mass is 519 g/mol. The summed E-state index contributed by atoms with van der Waals surface area (Å²) in [7, 11) is 0. The van der Waals surface area contributed by atoms with Gasteiger partial charge in [-0.05, 0) is 90.6 Å². The second kappa shape index (κ2) is 8.55. The minimum Gasteiger partial charge on any atom is -0.309 e. The average molecular weight is 520 g/mol. The molecule has 41 heavy (non-hydrogen) atoms. The normalized spacial score (nSPS) is 11.9.